The van der Waals surface area contributed by atoms with Crippen LogP contribution in [0.1, 0.15) is 5.56 Å². The highest BCUT2D eigenvalue weighted by atomic mass is 16.6. The summed E-state index contributed by atoms with van der Waals surface area (Å²) in [5.41, 5.74) is 1.29. The van der Waals surface area contributed by atoms with Crippen molar-refractivity contribution in [2.24, 2.45) is 0 Å². The minimum atomic E-state index is -0.370. The number of benzene rings is 1. The summed E-state index contributed by atoms with van der Waals surface area (Å²) in [6.07, 6.45) is 0. The molecule has 0 amide bonds. The van der Waals surface area contributed by atoms with E-state index < -0.39 is 0 Å². The van der Waals surface area contributed by atoms with Crippen molar-refractivity contribution in [2.45, 2.75) is 6.54 Å². The van der Waals surface area contributed by atoms with Crippen molar-refractivity contribution in [3.63, 3.8) is 0 Å². The van der Waals surface area contributed by atoms with Gasteiger partial charge in [0.2, 0.25) is 0 Å². The number of hydrogen-bond donors (Lipinski definition) is 1. The Labute approximate surface area is 93.8 Å². The van der Waals surface area contributed by atoms with Crippen LogP contribution in [0.2, 0.25) is 0 Å². The molecule has 16 heavy (non-hydrogen) atoms. The monoisotopic (exact) mass is 223 g/mol. The summed E-state index contributed by atoms with van der Waals surface area (Å²) in [5.74, 6) is 0. The fourth-order valence-electron chi connectivity index (χ4n) is 1.86. The summed E-state index contributed by atoms with van der Waals surface area (Å²) in [7, 11) is 0. The van der Waals surface area contributed by atoms with Crippen LogP contribution in [0.15, 0.2) is 24.3 Å². The lowest BCUT2D eigenvalue weighted by molar-refractivity contribution is -0.921. The lowest BCUT2D eigenvalue weighted by atomic mass is 10.2. The second-order valence-electron chi connectivity index (χ2n) is 3.96. The molecule has 86 valence electrons. The topological polar surface area (TPSA) is 56.8 Å². The van der Waals surface area contributed by atoms with Gasteiger partial charge in [-0.15, -0.1) is 0 Å². The number of ether oxygens (including phenoxy) is 1. The molecule has 1 aliphatic rings. The molecule has 1 saturated heterocycles. The maximum absolute atomic E-state index is 10.5. The van der Waals surface area contributed by atoms with Gasteiger partial charge in [-0.05, 0) is 12.1 Å². The molecule has 5 heteroatoms. The molecule has 1 aromatic rings. The van der Waals surface area contributed by atoms with Gasteiger partial charge in [0.1, 0.15) is 19.6 Å². The van der Waals surface area contributed by atoms with Crippen molar-refractivity contribution in [2.75, 3.05) is 26.3 Å². The summed E-state index contributed by atoms with van der Waals surface area (Å²) in [4.78, 5) is 11.6. The number of nitro benzene ring substituents is 1. The Hall–Kier alpha value is -1.46. The van der Waals surface area contributed by atoms with Gasteiger partial charge in [0.05, 0.1) is 18.1 Å². The Balaban J connectivity index is 1.96. The standard InChI is InChI=1S/C11H14N2O3/c14-13(15)11-3-1-10(2-4-11)9-12-5-7-16-8-6-12/h1-4H,5-9H2/p+1. The first-order valence-electron chi connectivity index (χ1n) is 5.40. The van der Waals surface area contributed by atoms with Crippen molar-refractivity contribution < 1.29 is 14.6 Å². The number of rotatable bonds is 3. The third-order valence-electron chi connectivity index (χ3n) is 2.80. The lowest BCUT2D eigenvalue weighted by Gasteiger charge is -2.23. The first-order valence-corrected chi connectivity index (χ1v) is 5.40. The predicted octanol–water partition coefficient (Wildman–Crippen LogP) is 0.00990. The van der Waals surface area contributed by atoms with E-state index in [2.05, 4.69) is 0 Å². The van der Waals surface area contributed by atoms with E-state index in [-0.39, 0.29) is 10.6 Å². The minimum Gasteiger partial charge on any atom is -0.370 e. The first kappa shape index (κ1) is 11.0. The van der Waals surface area contributed by atoms with Crippen LogP contribution in [0.5, 0.6) is 0 Å². The number of nitrogens with one attached hydrogen (secondary N) is 1. The zero-order valence-electron chi connectivity index (χ0n) is 9.02. The van der Waals surface area contributed by atoms with E-state index >= 15 is 0 Å². The molecule has 2 rings (SSSR count). The van der Waals surface area contributed by atoms with Gasteiger partial charge in [-0.2, -0.15) is 0 Å². The molecule has 1 N–H and O–H groups in total. The molecule has 0 saturated carbocycles. The normalized spacial score (nSPS) is 17.2. The van der Waals surface area contributed by atoms with Crippen LogP contribution < -0.4 is 4.90 Å². The van der Waals surface area contributed by atoms with Gasteiger partial charge >= 0.3 is 0 Å². The molecule has 0 bridgehead atoms. The highest BCUT2D eigenvalue weighted by Crippen LogP contribution is 2.11. The molecule has 0 aromatic heterocycles. The van der Waals surface area contributed by atoms with E-state index in [1.165, 1.54) is 4.90 Å². The van der Waals surface area contributed by atoms with Crippen LogP contribution in [-0.2, 0) is 11.3 Å². The first-order chi connectivity index (χ1) is 7.75. The van der Waals surface area contributed by atoms with E-state index in [1.54, 1.807) is 12.1 Å². The van der Waals surface area contributed by atoms with Crippen LogP contribution in [0.3, 0.4) is 0 Å². The molecule has 0 spiro atoms. The zero-order valence-corrected chi connectivity index (χ0v) is 9.02. The molecule has 1 aliphatic heterocycles. The van der Waals surface area contributed by atoms with Gasteiger partial charge in [0, 0.05) is 17.7 Å². The Morgan fingerprint density at radius 1 is 1.25 bits per heavy atom. The molecule has 0 radical (unpaired) electrons. The van der Waals surface area contributed by atoms with Crippen molar-refractivity contribution in [3.8, 4) is 0 Å². The Bertz CT molecular complexity index is 358. The van der Waals surface area contributed by atoms with Crippen molar-refractivity contribution in [1.29, 1.82) is 0 Å². The molecular formula is C11H15N2O3+. The summed E-state index contributed by atoms with van der Waals surface area (Å²) < 4.78 is 5.28. The van der Waals surface area contributed by atoms with E-state index in [4.69, 9.17) is 4.74 Å². The molecule has 0 atom stereocenters. The average molecular weight is 223 g/mol. The van der Waals surface area contributed by atoms with Crippen LogP contribution in [0, 0.1) is 10.1 Å². The second kappa shape index (κ2) is 5.05. The molecule has 0 unspecified atom stereocenters. The number of nitro groups is 1. The highest BCUT2D eigenvalue weighted by Gasteiger charge is 2.14. The van der Waals surface area contributed by atoms with E-state index in [9.17, 15) is 10.1 Å². The average Bonchev–Trinajstić information content (AvgIpc) is 2.31. The summed E-state index contributed by atoms with van der Waals surface area (Å²) >= 11 is 0. The summed E-state index contributed by atoms with van der Waals surface area (Å²) in [6, 6.07) is 6.80. The number of nitrogens with zero attached hydrogens (tertiary/aromatic N) is 1. The van der Waals surface area contributed by atoms with Crippen LogP contribution >= 0.6 is 0 Å². The third kappa shape index (κ3) is 2.77. The minimum absolute atomic E-state index is 0.153. The lowest BCUT2D eigenvalue weighted by Crippen LogP contribution is -3.12. The van der Waals surface area contributed by atoms with Crippen molar-refractivity contribution in [3.05, 3.63) is 39.9 Å². The molecule has 5 nitrogen and oxygen atoms in total. The van der Waals surface area contributed by atoms with Crippen LogP contribution in [0.4, 0.5) is 5.69 Å². The predicted molar refractivity (Wildman–Crippen MR) is 58.3 cm³/mol. The summed E-state index contributed by atoms with van der Waals surface area (Å²) in [6.45, 7) is 4.56. The highest BCUT2D eigenvalue weighted by molar-refractivity contribution is 5.32. The van der Waals surface area contributed by atoms with Crippen LogP contribution in [0.25, 0.3) is 0 Å². The smallest absolute Gasteiger partial charge is 0.269 e. The fraction of sp³-hybridized carbons (Fsp3) is 0.455. The molecular weight excluding hydrogens is 208 g/mol. The Morgan fingerprint density at radius 2 is 1.88 bits per heavy atom. The number of quaternary nitrogens is 1. The fourth-order valence-corrected chi connectivity index (χ4v) is 1.86. The third-order valence-corrected chi connectivity index (χ3v) is 2.80. The maximum atomic E-state index is 10.5. The van der Waals surface area contributed by atoms with Crippen molar-refractivity contribution >= 4 is 5.69 Å². The number of morpholine rings is 1. The molecule has 1 fully saturated rings. The van der Waals surface area contributed by atoms with E-state index in [0.717, 1.165) is 38.4 Å². The van der Waals surface area contributed by atoms with Gasteiger partial charge in [-0.25, -0.2) is 0 Å². The van der Waals surface area contributed by atoms with Gasteiger partial charge in [0.25, 0.3) is 5.69 Å². The molecule has 1 aromatic carbocycles. The largest absolute Gasteiger partial charge is 0.370 e. The quantitative estimate of drug-likeness (QED) is 0.580. The van der Waals surface area contributed by atoms with E-state index in [0.29, 0.717) is 0 Å². The molecule has 0 aliphatic carbocycles. The van der Waals surface area contributed by atoms with Gasteiger partial charge in [-0.1, -0.05) is 0 Å². The zero-order chi connectivity index (χ0) is 11.4. The van der Waals surface area contributed by atoms with Gasteiger partial charge in [-0.3, -0.25) is 10.1 Å². The van der Waals surface area contributed by atoms with Gasteiger partial charge in [0.15, 0.2) is 0 Å². The number of hydrogen-bond acceptors (Lipinski definition) is 3. The maximum Gasteiger partial charge on any atom is 0.269 e. The summed E-state index contributed by atoms with van der Waals surface area (Å²) in [5, 5.41) is 10.5. The van der Waals surface area contributed by atoms with E-state index in [1.807, 2.05) is 12.1 Å². The van der Waals surface area contributed by atoms with Gasteiger partial charge < -0.3 is 9.64 Å². The second-order valence-corrected chi connectivity index (χ2v) is 3.96. The SMILES string of the molecule is O=[N+]([O-])c1ccc(C[NH+]2CCOCC2)cc1. The Morgan fingerprint density at radius 3 is 2.44 bits per heavy atom. The molecule has 1 heterocycles. The van der Waals surface area contributed by atoms with Crippen molar-refractivity contribution in [1.82, 2.24) is 0 Å². The number of non-ortho nitro benzene ring substituents is 1. The van der Waals surface area contributed by atoms with Crippen LogP contribution in [-0.4, -0.2) is 31.2 Å². The Kier molecular flexibility index (Phi) is 3.48.